The van der Waals surface area contributed by atoms with Gasteiger partial charge < -0.3 is 4.74 Å². The van der Waals surface area contributed by atoms with Crippen molar-refractivity contribution in [2.45, 2.75) is 19.3 Å². The second-order valence-corrected chi connectivity index (χ2v) is 2.59. The average Bonchev–Trinajstić information content (AvgIpc) is 1.89. The summed E-state index contributed by atoms with van der Waals surface area (Å²) in [6, 6.07) is 0. The van der Waals surface area contributed by atoms with Gasteiger partial charge in [-0.2, -0.15) is 0 Å². The van der Waals surface area contributed by atoms with Crippen molar-refractivity contribution in [2.24, 2.45) is 0 Å². The fraction of sp³-hybridized carbons (Fsp3) is 0.714. The topological polar surface area (TPSA) is 9.23 Å². The molecule has 0 fully saturated rings. The van der Waals surface area contributed by atoms with E-state index in [1.807, 2.05) is 6.08 Å². The zero-order chi connectivity index (χ0) is 6.95. The van der Waals surface area contributed by atoms with E-state index in [0.717, 1.165) is 11.8 Å². The SMILES string of the molecule is CO/C=C/CCCCBr. The van der Waals surface area contributed by atoms with Crippen LogP contribution in [-0.2, 0) is 4.74 Å². The maximum absolute atomic E-state index is 4.73. The van der Waals surface area contributed by atoms with Crippen molar-refractivity contribution in [2.75, 3.05) is 12.4 Å². The molecule has 0 heterocycles. The van der Waals surface area contributed by atoms with E-state index in [1.54, 1.807) is 13.4 Å². The molecule has 0 spiro atoms. The molecule has 0 aromatic rings. The average molecular weight is 193 g/mol. The standard InChI is InChI=1S/C7H13BrO/c1-9-7-5-3-2-4-6-8/h5,7H,2-4,6H2,1H3/b7-5+. The summed E-state index contributed by atoms with van der Waals surface area (Å²) >= 11 is 3.36. The van der Waals surface area contributed by atoms with Crippen molar-refractivity contribution >= 4 is 15.9 Å². The fourth-order valence-corrected chi connectivity index (χ4v) is 0.917. The highest BCUT2D eigenvalue weighted by Gasteiger charge is 1.80. The minimum absolute atomic E-state index is 1.10. The van der Waals surface area contributed by atoms with Gasteiger partial charge in [0.2, 0.25) is 0 Å². The summed E-state index contributed by atoms with van der Waals surface area (Å²) in [4.78, 5) is 0. The first-order valence-corrected chi connectivity index (χ1v) is 4.27. The summed E-state index contributed by atoms with van der Waals surface area (Å²) in [5.41, 5.74) is 0. The van der Waals surface area contributed by atoms with Crippen LogP contribution < -0.4 is 0 Å². The molecule has 9 heavy (non-hydrogen) atoms. The Morgan fingerprint density at radius 2 is 2.22 bits per heavy atom. The van der Waals surface area contributed by atoms with Gasteiger partial charge in [-0.1, -0.05) is 15.9 Å². The molecule has 0 saturated heterocycles. The third kappa shape index (κ3) is 8.02. The quantitative estimate of drug-likeness (QED) is 0.370. The lowest BCUT2D eigenvalue weighted by Gasteiger charge is -1.89. The van der Waals surface area contributed by atoms with Gasteiger partial charge in [-0.3, -0.25) is 0 Å². The predicted molar refractivity (Wildman–Crippen MR) is 43.8 cm³/mol. The molecule has 0 aromatic heterocycles. The molecule has 0 aliphatic heterocycles. The van der Waals surface area contributed by atoms with Crippen LogP contribution in [-0.4, -0.2) is 12.4 Å². The van der Waals surface area contributed by atoms with Crippen LogP contribution in [0.5, 0.6) is 0 Å². The van der Waals surface area contributed by atoms with Crippen LogP contribution >= 0.6 is 15.9 Å². The van der Waals surface area contributed by atoms with E-state index in [2.05, 4.69) is 15.9 Å². The number of halogens is 1. The molecular weight excluding hydrogens is 180 g/mol. The van der Waals surface area contributed by atoms with Crippen LogP contribution in [0.3, 0.4) is 0 Å². The van der Waals surface area contributed by atoms with Gasteiger partial charge in [-0.05, 0) is 25.3 Å². The minimum Gasteiger partial charge on any atom is -0.505 e. The zero-order valence-electron chi connectivity index (χ0n) is 5.77. The second kappa shape index (κ2) is 8.02. The lowest BCUT2D eigenvalue weighted by atomic mass is 10.2. The Bertz CT molecular complexity index is 71.3. The molecule has 0 radical (unpaired) electrons. The van der Waals surface area contributed by atoms with Gasteiger partial charge in [-0.25, -0.2) is 0 Å². The summed E-state index contributed by atoms with van der Waals surface area (Å²) in [5, 5.41) is 1.10. The largest absolute Gasteiger partial charge is 0.505 e. The molecule has 2 heteroatoms. The van der Waals surface area contributed by atoms with Crippen LogP contribution in [0.25, 0.3) is 0 Å². The Hall–Kier alpha value is 0.0200. The highest BCUT2D eigenvalue weighted by atomic mass is 79.9. The van der Waals surface area contributed by atoms with Crippen molar-refractivity contribution in [1.29, 1.82) is 0 Å². The van der Waals surface area contributed by atoms with E-state index in [9.17, 15) is 0 Å². The van der Waals surface area contributed by atoms with E-state index < -0.39 is 0 Å². The smallest absolute Gasteiger partial charge is 0.0784 e. The van der Waals surface area contributed by atoms with Crippen molar-refractivity contribution in [3.8, 4) is 0 Å². The first-order chi connectivity index (χ1) is 4.41. The lowest BCUT2D eigenvalue weighted by molar-refractivity contribution is 0.336. The van der Waals surface area contributed by atoms with E-state index in [1.165, 1.54) is 12.8 Å². The maximum atomic E-state index is 4.73. The first-order valence-electron chi connectivity index (χ1n) is 3.15. The van der Waals surface area contributed by atoms with Crippen molar-refractivity contribution < 1.29 is 4.74 Å². The van der Waals surface area contributed by atoms with E-state index in [0.29, 0.717) is 0 Å². The fourth-order valence-electron chi connectivity index (χ4n) is 0.521. The molecule has 0 N–H and O–H groups in total. The Kier molecular flexibility index (Phi) is 8.04. The van der Waals surface area contributed by atoms with Gasteiger partial charge in [0.25, 0.3) is 0 Å². The Morgan fingerprint density at radius 3 is 2.78 bits per heavy atom. The van der Waals surface area contributed by atoms with E-state index in [-0.39, 0.29) is 0 Å². The van der Waals surface area contributed by atoms with E-state index in [4.69, 9.17) is 4.74 Å². The molecule has 0 amide bonds. The molecule has 0 atom stereocenters. The summed E-state index contributed by atoms with van der Waals surface area (Å²) in [7, 11) is 1.67. The molecule has 0 aliphatic carbocycles. The Morgan fingerprint density at radius 1 is 1.44 bits per heavy atom. The predicted octanol–water partition coefficient (Wildman–Crippen LogP) is 2.71. The number of hydrogen-bond donors (Lipinski definition) is 0. The third-order valence-electron chi connectivity index (χ3n) is 0.987. The highest BCUT2D eigenvalue weighted by Crippen LogP contribution is 1.98. The summed E-state index contributed by atoms with van der Waals surface area (Å²) in [6.45, 7) is 0. The van der Waals surface area contributed by atoms with Crippen LogP contribution in [0.1, 0.15) is 19.3 Å². The zero-order valence-corrected chi connectivity index (χ0v) is 7.36. The summed E-state index contributed by atoms with van der Waals surface area (Å²) in [5.74, 6) is 0. The lowest BCUT2D eigenvalue weighted by Crippen LogP contribution is -1.73. The number of allylic oxidation sites excluding steroid dienone is 1. The van der Waals surface area contributed by atoms with Gasteiger partial charge >= 0.3 is 0 Å². The highest BCUT2D eigenvalue weighted by molar-refractivity contribution is 9.09. The van der Waals surface area contributed by atoms with Gasteiger partial charge in [0.1, 0.15) is 0 Å². The van der Waals surface area contributed by atoms with Gasteiger partial charge in [0, 0.05) is 5.33 Å². The molecule has 1 nitrogen and oxygen atoms in total. The van der Waals surface area contributed by atoms with Gasteiger partial charge in [-0.15, -0.1) is 0 Å². The number of alkyl halides is 1. The van der Waals surface area contributed by atoms with Crippen molar-refractivity contribution in [3.63, 3.8) is 0 Å². The van der Waals surface area contributed by atoms with Crippen LogP contribution in [0.15, 0.2) is 12.3 Å². The molecule has 0 aliphatic rings. The van der Waals surface area contributed by atoms with Gasteiger partial charge in [0.05, 0.1) is 13.4 Å². The number of methoxy groups -OCH3 is 1. The van der Waals surface area contributed by atoms with E-state index >= 15 is 0 Å². The van der Waals surface area contributed by atoms with Crippen LogP contribution in [0.4, 0.5) is 0 Å². The molecule has 0 bridgehead atoms. The maximum Gasteiger partial charge on any atom is 0.0784 e. The van der Waals surface area contributed by atoms with Crippen molar-refractivity contribution in [1.82, 2.24) is 0 Å². The molecule has 0 rings (SSSR count). The monoisotopic (exact) mass is 192 g/mol. The number of hydrogen-bond acceptors (Lipinski definition) is 1. The third-order valence-corrected chi connectivity index (χ3v) is 1.55. The van der Waals surface area contributed by atoms with Crippen LogP contribution in [0.2, 0.25) is 0 Å². The minimum atomic E-state index is 1.10. The summed E-state index contributed by atoms with van der Waals surface area (Å²) < 4.78 is 4.73. The van der Waals surface area contributed by atoms with Crippen LogP contribution in [0, 0.1) is 0 Å². The van der Waals surface area contributed by atoms with Crippen molar-refractivity contribution in [3.05, 3.63) is 12.3 Å². The summed E-state index contributed by atoms with van der Waals surface area (Å²) in [6.07, 6.45) is 7.38. The molecule has 0 unspecified atom stereocenters. The molecule has 0 aromatic carbocycles. The molecular formula is C7H13BrO. The van der Waals surface area contributed by atoms with Gasteiger partial charge in [0.15, 0.2) is 0 Å². The number of rotatable bonds is 5. The molecule has 54 valence electrons. The Labute approximate surface area is 65.2 Å². The number of unbranched alkanes of at least 4 members (excludes halogenated alkanes) is 2. The first kappa shape index (κ1) is 9.02. The second-order valence-electron chi connectivity index (χ2n) is 1.79. The normalized spacial score (nSPS) is 10.4. The molecule has 0 saturated carbocycles. The Balaban J connectivity index is 2.82. The number of ether oxygens (including phenoxy) is 1.